The van der Waals surface area contributed by atoms with Crippen molar-refractivity contribution < 1.29 is 19.7 Å². The quantitative estimate of drug-likeness (QED) is 0.318. The molecule has 0 aliphatic rings. The summed E-state index contributed by atoms with van der Waals surface area (Å²) < 4.78 is 6.34. The predicted molar refractivity (Wildman–Crippen MR) is 122 cm³/mol. The van der Waals surface area contributed by atoms with Gasteiger partial charge in [0, 0.05) is 29.5 Å². The lowest BCUT2D eigenvalue weighted by molar-refractivity contribution is -0.137. The summed E-state index contributed by atoms with van der Waals surface area (Å²) in [5.41, 5.74) is 0.948. The monoisotopic (exact) mass is 437 g/mol. The first kappa shape index (κ1) is 20.9. The molecule has 0 bridgehead atoms. The maximum Gasteiger partial charge on any atom is 0.303 e. The number of nitrogens with one attached hydrogen (secondary N) is 1. The average molecular weight is 438 g/mol. The minimum absolute atomic E-state index is 0.100. The molecule has 160 valence electrons. The number of anilines is 1. The number of methoxy groups -OCH3 is 1. The number of rotatable bonds is 9. The minimum Gasteiger partial charge on any atom is -0.504 e. The number of aryl methyl sites for hydroxylation is 1. The third-order valence-corrected chi connectivity index (χ3v) is 6.09. The number of hydrogen-bond acceptors (Lipinski definition) is 7. The molecule has 4 aromatic rings. The second-order valence-corrected chi connectivity index (χ2v) is 8.26. The van der Waals surface area contributed by atoms with Crippen LogP contribution >= 0.6 is 11.3 Å². The highest BCUT2D eigenvalue weighted by Crippen LogP contribution is 2.37. The van der Waals surface area contributed by atoms with Crippen molar-refractivity contribution in [1.82, 2.24) is 9.97 Å². The van der Waals surface area contributed by atoms with E-state index in [-0.39, 0.29) is 12.2 Å². The summed E-state index contributed by atoms with van der Waals surface area (Å²) >= 11 is 1.63. The molecule has 0 saturated heterocycles. The average Bonchev–Trinajstić information content (AvgIpc) is 3.14. The number of carboxylic acid groups (broad SMARTS) is 1. The smallest absolute Gasteiger partial charge is 0.303 e. The van der Waals surface area contributed by atoms with Crippen molar-refractivity contribution in [2.24, 2.45) is 0 Å². The summed E-state index contributed by atoms with van der Waals surface area (Å²) in [6, 6.07) is 13.4. The van der Waals surface area contributed by atoms with Crippen molar-refractivity contribution in [2.45, 2.75) is 32.2 Å². The number of nitrogens with zero attached hydrogens (tertiary/aromatic N) is 2. The van der Waals surface area contributed by atoms with Crippen LogP contribution in [0.25, 0.3) is 20.3 Å². The molecule has 2 aromatic carbocycles. The normalized spacial score (nSPS) is 11.1. The Hall–Kier alpha value is -3.39. The standard InChI is InChI=1S/C23H23N3O4S/c1-30-17-12-14(10-11-16(17)27)13-24-22-21-15-6-2-3-7-18(15)31-23(21)26-19(25-22)8-4-5-9-20(28)29/h2-3,6-7,10-12,27H,4-5,8-9,13H2,1H3,(H,28,29)(H,24,25,26). The van der Waals surface area contributed by atoms with E-state index < -0.39 is 5.97 Å². The van der Waals surface area contributed by atoms with Crippen LogP contribution in [0, 0.1) is 0 Å². The zero-order valence-electron chi connectivity index (χ0n) is 17.1. The first-order valence-corrected chi connectivity index (χ1v) is 10.9. The van der Waals surface area contributed by atoms with Crippen molar-refractivity contribution in [1.29, 1.82) is 0 Å². The van der Waals surface area contributed by atoms with Crippen LogP contribution in [0.5, 0.6) is 11.5 Å². The lowest BCUT2D eigenvalue weighted by Gasteiger charge is -2.11. The number of unbranched alkanes of at least 4 members (excludes halogenated alkanes) is 1. The number of fused-ring (bicyclic) bond motifs is 3. The summed E-state index contributed by atoms with van der Waals surface area (Å²) in [7, 11) is 1.52. The van der Waals surface area contributed by atoms with Crippen LogP contribution in [0.15, 0.2) is 42.5 Å². The van der Waals surface area contributed by atoms with Gasteiger partial charge in [-0.25, -0.2) is 9.97 Å². The Morgan fingerprint density at radius 1 is 1.16 bits per heavy atom. The first-order chi connectivity index (χ1) is 15.0. The van der Waals surface area contributed by atoms with Gasteiger partial charge in [0.1, 0.15) is 16.5 Å². The number of carboxylic acids is 1. The van der Waals surface area contributed by atoms with Gasteiger partial charge in [0.05, 0.1) is 12.5 Å². The number of aromatic nitrogens is 2. The highest BCUT2D eigenvalue weighted by molar-refractivity contribution is 7.25. The van der Waals surface area contributed by atoms with Gasteiger partial charge in [-0.2, -0.15) is 0 Å². The van der Waals surface area contributed by atoms with E-state index in [0.717, 1.165) is 38.1 Å². The molecule has 0 amide bonds. The SMILES string of the molecule is COc1cc(CNc2nc(CCCCC(=O)O)nc3sc4ccccc4c23)ccc1O. The number of benzene rings is 2. The van der Waals surface area contributed by atoms with Crippen LogP contribution in [0.3, 0.4) is 0 Å². The molecule has 0 radical (unpaired) electrons. The lowest BCUT2D eigenvalue weighted by Crippen LogP contribution is -2.06. The van der Waals surface area contributed by atoms with Crippen LogP contribution in [0.1, 0.15) is 30.7 Å². The van der Waals surface area contributed by atoms with Crippen LogP contribution < -0.4 is 10.1 Å². The number of carbonyl (C=O) groups is 1. The molecule has 8 heteroatoms. The van der Waals surface area contributed by atoms with Gasteiger partial charge in [-0.3, -0.25) is 4.79 Å². The van der Waals surface area contributed by atoms with E-state index in [1.807, 2.05) is 18.2 Å². The molecule has 31 heavy (non-hydrogen) atoms. The molecule has 0 spiro atoms. The number of thiophene rings is 1. The first-order valence-electron chi connectivity index (χ1n) is 10.0. The van der Waals surface area contributed by atoms with Gasteiger partial charge in [-0.05, 0) is 36.6 Å². The minimum atomic E-state index is -0.785. The molecule has 2 aromatic heterocycles. The molecule has 7 nitrogen and oxygen atoms in total. The number of aliphatic carboxylic acids is 1. The summed E-state index contributed by atoms with van der Waals surface area (Å²) in [6.45, 7) is 0.505. The predicted octanol–water partition coefficient (Wildman–Crippen LogP) is 4.97. The molecule has 0 aliphatic heterocycles. The molecular weight excluding hydrogens is 414 g/mol. The molecule has 0 unspecified atom stereocenters. The zero-order chi connectivity index (χ0) is 21.8. The summed E-state index contributed by atoms with van der Waals surface area (Å²) in [6.07, 6.45) is 2.09. The van der Waals surface area contributed by atoms with E-state index in [4.69, 9.17) is 19.8 Å². The summed E-state index contributed by atoms with van der Waals surface area (Å²) in [5, 5.41) is 24.2. The Morgan fingerprint density at radius 3 is 2.81 bits per heavy atom. The van der Waals surface area contributed by atoms with Crippen molar-refractivity contribution in [3.63, 3.8) is 0 Å². The van der Waals surface area contributed by atoms with Gasteiger partial charge in [-0.15, -0.1) is 11.3 Å². The third kappa shape index (κ3) is 4.69. The van der Waals surface area contributed by atoms with E-state index in [1.165, 1.54) is 7.11 Å². The third-order valence-electron chi connectivity index (χ3n) is 5.03. The highest BCUT2D eigenvalue weighted by atomic mass is 32.1. The number of hydrogen-bond donors (Lipinski definition) is 3. The van der Waals surface area contributed by atoms with Crippen LogP contribution in [0.4, 0.5) is 5.82 Å². The Balaban J connectivity index is 1.64. The van der Waals surface area contributed by atoms with Crippen LogP contribution in [0.2, 0.25) is 0 Å². The Bertz CT molecular complexity index is 1240. The van der Waals surface area contributed by atoms with Gasteiger partial charge >= 0.3 is 5.97 Å². The zero-order valence-corrected chi connectivity index (χ0v) is 17.9. The number of phenolic OH excluding ortho intramolecular Hbond substituents is 1. The Labute approximate surface area is 183 Å². The fraction of sp³-hybridized carbons (Fsp3) is 0.261. The second-order valence-electron chi connectivity index (χ2n) is 7.23. The molecule has 0 fully saturated rings. The Kier molecular flexibility index (Phi) is 6.18. The van der Waals surface area contributed by atoms with Crippen LogP contribution in [-0.2, 0) is 17.8 Å². The molecule has 0 aliphatic carbocycles. The molecule has 4 rings (SSSR count). The fourth-order valence-corrected chi connectivity index (χ4v) is 4.58. The highest BCUT2D eigenvalue weighted by Gasteiger charge is 2.14. The van der Waals surface area contributed by atoms with Crippen molar-refractivity contribution >= 4 is 43.4 Å². The molecular formula is C23H23N3O4S. The second kappa shape index (κ2) is 9.18. The molecule has 0 saturated carbocycles. The van der Waals surface area contributed by atoms with Gasteiger partial charge < -0.3 is 20.3 Å². The van der Waals surface area contributed by atoms with Crippen molar-refractivity contribution in [3.05, 3.63) is 53.9 Å². The van der Waals surface area contributed by atoms with Gasteiger partial charge in [0.15, 0.2) is 11.5 Å². The van der Waals surface area contributed by atoms with E-state index in [9.17, 15) is 9.90 Å². The topological polar surface area (TPSA) is 105 Å². The molecule has 3 N–H and O–H groups in total. The maximum atomic E-state index is 10.8. The van der Waals surface area contributed by atoms with Gasteiger partial charge in [0.2, 0.25) is 0 Å². The summed E-state index contributed by atoms with van der Waals surface area (Å²) in [5.74, 6) is 1.20. The van der Waals surface area contributed by atoms with Crippen molar-refractivity contribution in [3.8, 4) is 11.5 Å². The van der Waals surface area contributed by atoms with E-state index in [2.05, 4.69) is 17.4 Å². The van der Waals surface area contributed by atoms with E-state index >= 15 is 0 Å². The molecule has 0 atom stereocenters. The lowest BCUT2D eigenvalue weighted by atomic mass is 10.1. The summed E-state index contributed by atoms with van der Waals surface area (Å²) in [4.78, 5) is 21.2. The largest absolute Gasteiger partial charge is 0.504 e. The number of ether oxygens (including phenoxy) is 1. The number of aromatic hydroxyl groups is 1. The fourth-order valence-electron chi connectivity index (χ4n) is 3.48. The maximum absolute atomic E-state index is 10.8. The number of phenols is 1. The van der Waals surface area contributed by atoms with Gasteiger partial charge in [-0.1, -0.05) is 24.3 Å². The molecule has 2 heterocycles. The van der Waals surface area contributed by atoms with Crippen LogP contribution in [-0.4, -0.2) is 33.3 Å². The Morgan fingerprint density at radius 2 is 2.00 bits per heavy atom. The van der Waals surface area contributed by atoms with E-state index in [0.29, 0.717) is 31.0 Å². The van der Waals surface area contributed by atoms with Gasteiger partial charge in [0.25, 0.3) is 0 Å². The van der Waals surface area contributed by atoms with Crippen molar-refractivity contribution in [2.75, 3.05) is 12.4 Å². The van der Waals surface area contributed by atoms with E-state index in [1.54, 1.807) is 23.5 Å².